The quantitative estimate of drug-likeness (QED) is 0.822. The van der Waals surface area contributed by atoms with Crippen LogP contribution in [-0.2, 0) is 0 Å². The molecule has 1 aromatic heterocycles. The normalized spacial score (nSPS) is 10.0. The summed E-state index contributed by atoms with van der Waals surface area (Å²) in [6.45, 7) is 0. The minimum atomic E-state index is 0.529. The molecule has 0 aliphatic carbocycles. The number of nitrogen functional groups attached to an aromatic ring is 1. The lowest BCUT2D eigenvalue weighted by Gasteiger charge is -2.09. The van der Waals surface area contributed by atoms with Crippen LogP contribution in [0.3, 0.4) is 0 Å². The van der Waals surface area contributed by atoms with Gasteiger partial charge >= 0.3 is 0 Å². The molecule has 0 radical (unpaired) electrons. The highest BCUT2D eigenvalue weighted by Gasteiger charge is 2.08. The van der Waals surface area contributed by atoms with Gasteiger partial charge in [-0.05, 0) is 23.8 Å². The summed E-state index contributed by atoms with van der Waals surface area (Å²) in [5, 5.41) is 0. The van der Waals surface area contributed by atoms with Gasteiger partial charge in [0, 0.05) is 17.3 Å². The molecule has 2 aromatic rings. The first-order chi connectivity index (χ1) is 8.24. The lowest BCUT2D eigenvalue weighted by molar-refractivity contribution is 0.366. The monoisotopic (exact) mass is 230 g/mol. The van der Waals surface area contributed by atoms with Gasteiger partial charge in [0.25, 0.3) is 0 Å². The highest BCUT2D eigenvalue weighted by molar-refractivity contribution is 5.70. The van der Waals surface area contributed by atoms with Crippen molar-refractivity contribution in [3.8, 4) is 22.9 Å². The average molecular weight is 230 g/mol. The largest absolute Gasteiger partial charge is 0.481 e. The Morgan fingerprint density at radius 2 is 1.65 bits per heavy atom. The Bertz CT molecular complexity index is 509. The third-order valence-corrected chi connectivity index (χ3v) is 2.46. The third-order valence-electron chi connectivity index (χ3n) is 2.46. The van der Waals surface area contributed by atoms with Crippen LogP contribution >= 0.6 is 0 Å². The van der Waals surface area contributed by atoms with Crippen LogP contribution in [0.25, 0.3) is 11.1 Å². The summed E-state index contributed by atoms with van der Waals surface area (Å²) in [6.07, 6.45) is 0. The van der Waals surface area contributed by atoms with Gasteiger partial charge in [0.2, 0.25) is 11.8 Å². The van der Waals surface area contributed by atoms with Crippen molar-refractivity contribution >= 4 is 5.69 Å². The van der Waals surface area contributed by atoms with Crippen molar-refractivity contribution in [1.82, 2.24) is 4.98 Å². The molecule has 0 unspecified atom stereocenters. The van der Waals surface area contributed by atoms with Crippen LogP contribution in [-0.4, -0.2) is 19.2 Å². The van der Waals surface area contributed by atoms with Crippen molar-refractivity contribution in [2.45, 2.75) is 0 Å². The zero-order chi connectivity index (χ0) is 12.3. The van der Waals surface area contributed by atoms with Crippen LogP contribution in [0.4, 0.5) is 5.69 Å². The number of ether oxygens (including phenoxy) is 2. The molecule has 0 saturated carbocycles. The molecule has 0 aliphatic heterocycles. The van der Waals surface area contributed by atoms with Gasteiger partial charge in [-0.25, -0.2) is 0 Å². The minimum absolute atomic E-state index is 0.529. The first kappa shape index (κ1) is 11.3. The van der Waals surface area contributed by atoms with Gasteiger partial charge in [0.05, 0.1) is 14.2 Å². The van der Waals surface area contributed by atoms with E-state index < -0.39 is 0 Å². The Hall–Kier alpha value is -2.23. The highest BCUT2D eigenvalue weighted by atomic mass is 16.5. The molecule has 0 fully saturated rings. The fourth-order valence-corrected chi connectivity index (χ4v) is 1.58. The van der Waals surface area contributed by atoms with E-state index >= 15 is 0 Å². The third kappa shape index (κ3) is 2.30. The standard InChI is InChI=1S/C13H14N2O2/c1-16-12-8-7-11(13(15-12)17-2)9-3-5-10(14)6-4-9/h3-8H,14H2,1-2H3. The smallest absolute Gasteiger partial charge is 0.224 e. The lowest BCUT2D eigenvalue weighted by atomic mass is 10.1. The van der Waals surface area contributed by atoms with Crippen molar-refractivity contribution < 1.29 is 9.47 Å². The van der Waals surface area contributed by atoms with E-state index in [0.29, 0.717) is 11.8 Å². The minimum Gasteiger partial charge on any atom is -0.481 e. The number of rotatable bonds is 3. The van der Waals surface area contributed by atoms with Gasteiger partial charge in [0.15, 0.2) is 0 Å². The number of benzene rings is 1. The zero-order valence-electron chi connectivity index (χ0n) is 9.81. The summed E-state index contributed by atoms with van der Waals surface area (Å²) < 4.78 is 10.3. The van der Waals surface area contributed by atoms with Gasteiger partial charge in [-0.2, -0.15) is 4.98 Å². The van der Waals surface area contributed by atoms with Crippen molar-refractivity contribution in [3.05, 3.63) is 36.4 Å². The Morgan fingerprint density at radius 3 is 2.24 bits per heavy atom. The van der Waals surface area contributed by atoms with Gasteiger partial charge in [-0.3, -0.25) is 0 Å². The van der Waals surface area contributed by atoms with E-state index in [1.54, 1.807) is 20.3 Å². The molecular weight excluding hydrogens is 216 g/mol. The Labute approximate surface area is 100 Å². The maximum absolute atomic E-state index is 5.65. The number of aromatic nitrogens is 1. The van der Waals surface area contributed by atoms with E-state index in [9.17, 15) is 0 Å². The highest BCUT2D eigenvalue weighted by Crippen LogP contribution is 2.30. The summed E-state index contributed by atoms with van der Waals surface area (Å²) in [6, 6.07) is 11.3. The molecule has 0 aliphatic rings. The Kier molecular flexibility index (Phi) is 3.14. The maximum Gasteiger partial charge on any atom is 0.224 e. The van der Waals surface area contributed by atoms with E-state index in [0.717, 1.165) is 16.8 Å². The van der Waals surface area contributed by atoms with Crippen LogP contribution in [0.1, 0.15) is 0 Å². The SMILES string of the molecule is COc1ccc(-c2ccc(N)cc2)c(OC)n1. The number of methoxy groups -OCH3 is 2. The van der Waals surface area contributed by atoms with Crippen molar-refractivity contribution in [2.24, 2.45) is 0 Å². The summed E-state index contributed by atoms with van der Waals surface area (Å²) in [4.78, 5) is 4.23. The molecule has 2 N–H and O–H groups in total. The molecule has 1 heterocycles. The first-order valence-corrected chi connectivity index (χ1v) is 5.19. The maximum atomic E-state index is 5.65. The second-order valence-electron chi connectivity index (χ2n) is 3.53. The summed E-state index contributed by atoms with van der Waals surface area (Å²) in [5.74, 6) is 1.06. The molecule has 17 heavy (non-hydrogen) atoms. The molecule has 0 saturated heterocycles. The number of pyridine rings is 1. The molecule has 4 nitrogen and oxygen atoms in total. The van der Waals surface area contributed by atoms with Crippen molar-refractivity contribution in [2.75, 3.05) is 20.0 Å². The van der Waals surface area contributed by atoms with E-state index in [1.807, 2.05) is 30.3 Å². The Balaban J connectivity index is 2.47. The molecule has 0 amide bonds. The van der Waals surface area contributed by atoms with Gasteiger partial charge in [-0.1, -0.05) is 12.1 Å². The average Bonchev–Trinajstić information content (AvgIpc) is 2.39. The number of nitrogens with zero attached hydrogens (tertiary/aromatic N) is 1. The molecular formula is C13H14N2O2. The predicted octanol–water partition coefficient (Wildman–Crippen LogP) is 2.35. The van der Waals surface area contributed by atoms with Crippen LogP contribution in [0.15, 0.2) is 36.4 Å². The molecule has 4 heteroatoms. The number of hydrogen-bond acceptors (Lipinski definition) is 4. The van der Waals surface area contributed by atoms with Crippen LogP contribution in [0, 0.1) is 0 Å². The molecule has 0 bridgehead atoms. The molecule has 0 spiro atoms. The summed E-state index contributed by atoms with van der Waals surface area (Å²) in [7, 11) is 3.16. The van der Waals surface area contributed by atoms with E-state index in [2.05, 4.69) is 4.98 Å². The number of anilines is 1. The summed E-state index contributed by atoms with van der Waals surface area (Å²) >= 11 is 0. The van der Waals surface area contributed by atoms with Crippen LogP contribution in [0.2, 0.25) is 0 Å². The second kappa shape index (κ2) is 4.74. The van der Waals surface area contributed by atoms with E-state index in [4.69, 9.17) is 15.2 Å². The van der Waals surface area contributed by atoms with Gasteiger partial charge < -0.3 is 15.2 Å². The summed E-state index contributed by atoms with van der Waals surface area (Å²) in [5.41, 5.74) is 8.30. The van der Waals surface area contributed by atoms with Crippen molar-refractivity contribution in [3.63, 3.8) is 0 Å². The van der Waals surface area contributed by atoms with Gasteiger partial charge in [0.1, 0.15) is 0 Å². The van der Waals surface area contributed by atoms with Crippen LogP contribution < -0.4 is 15.2 Å². The number of hydrogen-bond donors (Lipinski definition) is 1. The predicted molar refractivity (Wildman–Crippen MR) is 67.2 cm³/mol. The number of nitrogens with two attached hydrogens (primary N) is 1. The molecule has 0 atom stereocenters. The zero-order valence-corrected chi connectivity index (χ0v) is 9.81. The molecule has 88 valence electrons. The topological polar surface area (TPSA) is 57.4 Å². The first-order valence-electron chi connectivity index (χ1n) is 5.19. The van der Waals surface area contributed by atoms with E-state index in [-0.39, 0.29) is 0 Å². The lowest BCUT2D eigenvalue weighted by Crippen LogP contribution is -1.95. The fourth-order valence-electron chi connectivity index (χ4n) is 1.58. The molecule has 1 aromatic carbocycles. The Morgan fingerprint density at radius 1 is 0.941 bits per heavy atom. The second-order valence-corrected chi connectivity index (χ2v) is 3.53. The van der Waals surface area contributed by atoms with Crippen molar-refractivity contribution in [1.29, 1.82) is 0 Å². The molecule has 2 rings (SSSR count). The fraction of sp³-hybridized carbons (Fsp3) is 0.154. The van der Waals surface area contributed by atoms with Crippen LogP contribution in [0.5, 0.6) is 11.8 Å². The van der Waals surface area contributed by atoms with E-state index in [1.165, 1.54) is 0 Å². The van der Waals surface area contributed by atoms with Gasteiger partial charge in [-0.15, -0.1) is 0 Å².